The van der Waals surface area contributed by atoms with Crippen molar-refractivity contribution in [2.45, 2.75) is 43.9 Å². The maximum absolute atomic E-state index is 12.0. The molecule has 1 aromatic rings. The molecule has 1 heterocycles. The van der Waals surface area contributed by atoms with E-state index in [2.05, 4.69) is 17.2 Å². The van der Waals surface area contributed by atoms with Crippen LogP contribution in [0.4, 0.5) is 0 Å². The number of hydrogen-bond acceptors (Lipinski definition) is 3. The van der Waals surface area contributed by atoms with E-state index in [-0.39, 0.29) is 21.9 Å². The molecule has 7 heteroatoms. The number of carbonyl (C=O) groups excluding carboxylic acids is 1. The van der Waals surface area contributed by atoms with E-state index in [1.165, 1.54) is 25.1 Å². The van der Waals surface area contributed by atoms with Crippen LogP contribution >= 0.6 is 10.7 Å². The Hall–Kier alpha value is -1.01. The molecule has 0 aliphatic heterocycles. The first-order valence-corrected chi connectivity index (χ1v) is 9.08. The summed E-state index contributed by atoms with van der Waals surface area (Å²) in [6, 6.07) is 1.25. The Morgan fingerprint density at radius 2 is 2.10 bits per heavy atom. The molecular formula is C13H19ClN2O3S. The van der Waals surface area contributed by atoms with Crippen LogP contribution in [0.15, 0.2) is 17.2 Å². The molecule has 5 nitrogen and oxygen atoms in total. The molecule has 2 rings (SSSR count). The van der Waals surface area contributed by atoms with Gasteiger partial charge in [0.2, 0.25) is 0 Å². The smallest absolute Gasteiger partial charge is 0.267 e. The van der Waals surface area contributed by atoms with E-state index in [0.29, 0.717) is 6.54 Å². The molecule has 0 atom stereocenters. The molecule has 0 radical (unpaired) electrons. The highest BCUT2D eigenvalue weighted by Crippen LogP contribution is 2.40. The van der Waals surface area contributed by atoms with Gasteiger partial charge in [-0.2, -0.15) is 0 Å². The maximum atomic E-state index is 12.0. The highest BCUT2D eigenvalue weighted by molar-refractivity contribution is 8.13. The van der Waals surface area contributed by atoms with Crippen LogP contribution in [0.25, 0.3) is 0 Å². The summed E-state index contributed by atoms with van der Waals surface area (Å²) < 4.78 is 22.3. The van der Waals surface area contributed by atoms with Crippen molar-refractivity contribution >= 4 is 25.6 Å². The van der Waals surface area contributed by atoms with Crippen LogP contribution in [0.5, 0.6) is 0 Å². The van der Waals surface area contributed by atoms with E-state index < -0.39 is 9.05 Å². The molecular weight excluding hydrogens is 300 g/mol. The van der Waals surface area contributed by atoms with Gasteiger partial charge in [-0.15, -0.1) is 0 Å². The second kappa shape index (κ2) is 5.77. The number of aromatic amines is 1. The fraction of sp³-hybridized carbons (Fsp3) is 0.615. The third kappa shape index (κ3) is 3.35. The molecule has 112 valence electrons. The van der Waals surface area contributed by atoms with Gasteiger partial charge >= 0.3 is 0 Å². The Labute approximate surface area is 123 Å². The van der Waals surface area contributed by atoms with Gasteiger partial charge in [0.25, 0.3) is 15.0 Å². The van der Waals surface area contributed by atoms with Crippen molar-refractivity contribution in [1.29, 1.82) is 0 Å². The predicted octanol–water partition coefficient (Wildman–Crippen LogP) is 2.64. The summed E-state index contributed by atoms with van der Waals surface area (Å²) in [5.41, 5.74) is 0.414. The molecule has 0 bridgehead atoms. The maximum Gasteiger partial charge on any atom is 0.267 e. The lowest BCUT2D eigenvalue weighted by Gasteiger charge is -2.27. The average Bonchev–Trinajstić information content (AvgIpc) is 3.05. The van der Waals surface area contributed by atoms with Gasteiger partial charge in [0.15, 0.2) is 0 Å². The first-order chi connectivity index (χ1) is 9.36. The molecule has 1 aliphatic rings. The molecule has 1 amide bonds. The van der Waals surface area contributed by atoms with Crippen LogP contribution in [0.1, 0.15) is 49.5 Å². The lowest BCUT2D eigenvalue weighted by atomic mass is 9.83. The van der Waals surface area contributed by atoms with Gasteiger partial charge in [-0.1, -0.05) is 19.8 Å². The molecule has 20 heavy (non-hydrogen) atoms. The third-order valence-electron chi connectivity index (χ3n) is 4.22. The molecule has 0 aromatic carbocycles. The van der Waals surface area contributed by atoms with E-state index in [1.54, 1.807) is 0 Å². The van der Waals surface area contributed by atoms with Crippen molar-refractivity contribution in [1.82, 2.24) is 10.3 Å². The van der Waals surface area contributed by atoms with Crippen molar-refractivity contribution in [2.24, 2.45) is 5.41 Å². The Morgan fingerprint density at radius 3 is 2.60 bits per heavy atom. The van der Waals surface area contributed by atoms with E-state index in [4.69, 9.17) is 10.7 Å². The third-order valence-corrected chi connectivity index (χ3v) is 5.55. The largest absolute Gasteiger partial charge is 0.356 e. The molecule has 1 saturated carbocycles. The summed E-state index contributed by atoms with van der Waals surface area (Å²) in [4.78, 5) is 14.6. The minimum absolute atomic E-state index is 0.0876. The topological polar surface area (TPSA) is 79.0 Å². The van der Waals surface area contributed by atoms with Crippen LogP contribution in [-0.2, 0) is 9.05 Å². The number of amides is 1. The predicted molar refractivity (Wildman–Crippen MR) is 77.4 cm³/mol. The lowest BCUT2D eigenvalue weighted by Crippen LogP contribution is -2.35. The molecule has 1 fully saturated rings. The van der Waals surface area contributed by atoms with Crippen molar-refractivity contribution in [3.63, 3.8) is 0 Å². The molecule has 0 unspecified atom stereocenters. The fourth-order valence-electron chi connectivity index (χ4n) is 2.79. The van der Waals surface area contributed by atoms with Gasteiger partial charge in [0, 0.05) is 23.4 Å². The Morgan fingerprint density at radius 1 is 1.45 bits per heavy atom. The van der Waals surface area contributed by atoms with Crippen LogP contribution in [0.2, 0.25) is 0 Å². The summed E-state index contributed by atoms with van der Waals surface area (Å²) in [6.45, 7) is 2.77. The van der Waals surface area contributed by atoms with Crippen molar-refractivity contribution in [3.05, 3.63) is 18.0 Å². The molecule has 1 aromatic heterocycles. The van der Waals surface area contributed by atoms with Gasteiger partial charge in [0.1, 0.15) is 10.6 Å². The lowest BCUT2D eigenvalue weighted by molar-refractivity contribution is 0.0924. The minimum atomic E-state index is -3.80. The zero-order valence-electron chi connectivity index (χ0n) is 11.4. The van der Waals surface area contributed by atoms with Crippen molar-refractivity contribution < 1.29 is 13.2 Å². The highest BCUT2D eigenvalue weighted by Gasteiger charge is 2.32. The quantitative estimate of drug-likeness (QED) is 0.819. The van der Waals surface area contributed by atoms with Gasteiger partial charge in [0.05, 0.1) is 0 Å². The van der Waals surface area contributed by atoms with E-state index in [1.807, 2.05) is 0 Å². The summed E-state index contributed by atoms with van der Waals surface area (Å²) in [5, 5.41) is 2.89. The van der Waals surface area contributed by atoms with Crippen molar-refractivity contribution in [3.8, 4) is 0 Å². The highest BCUT2D eigenvalue weighted by atomic mass is 35.7. The zero-order valence-corrected chi connectivity index (χ0v) is 13.0. The van der Waals surface area contributed by atoms with Crippen molar-refractivity contribution in [2.75, 3.05) is 6.54 Å². The molecule has 2 N–H and O–H groups in total. The standard InChI is InChI=1S/C13H19ClN2O3S/c1-2-13(5-3-4-6-13)9-16-12(17)11-7-10(8-15-11)20(14,18)19/h7-8,15H,2-6,9H2,1H3,(H,16,17). The van der Waals surface area contributed by atoms with E-state index in [0.717, 1.165) is 19.3 Å². The number of carbonyl (C=O) groups is 1. The van der Waals surface area contributed by atoms with Gasteiger partial charge in [-0.3, -0.25) is 4.79 Å². The Kier molecular flexibility index (Phi) is 4.44. The SMILES string of the molecule is CCC1(CNC(=O)c2cc(S(=O)(=O)Cl)c[nH]2)CCCC1. The van der Waals surface area contributed by atoms with Crippen LogP contribution in [0, 0.1) is 5.41 Å². The Bertz CT molecular complexity index is 589. The number of nitrogens with one attached hydrogen (secondary N) is 2. The summed E-state index contributed by atoms with van der Waals surface area (Å²) in [6.07, 6.45) is 6.95. The zero-order chi connectivity index (χ0) is 14.8. The summed E-state index contributed by atoms with van der Waals surface area (Å²) in [7, 11) is 1.42. The number of rotatable bonds is 5. The van der Waals surface area contributed by atoms with Gasteiger partial charge in [-0.25, -0.2) is 8.42 Å². The fourth-order valence-corrected chi connectivity index (χ4v) is 3.52. The number of aromatic nitrogens is 1. The summed E-state index contributed by atoms with van der Waals surface area (Å²) >= 11 is 0. The number of hydrogen-bond donors (Lipinski definition) is 2. The minimum Gasteiger partial charge on any atom is -0.356 e. The first-order valence-electron chi connectivity index (χ1n) is 6.78. The monoisotopic (exact) mass is 318 g/mol. The van der Waals surface area contributed by atoms with Gasteiger partial charge in [-0.05, 0) is 30.7 Å². The Balaban J connectivity index is 2.00. The van der Waals surface area contributed by atoms with Crippen LogP contribution in [0.3, 0.4) is 0 Å². The summed E-state index contributed by atoms with van der Waals surface area (Å²) in [5.74, 6) is -0.295. The van der Waals surface area contributed by atoms with Gasteiger partial charge < -0.3 is 10.3 Å². The second-order valence-electron chi connectivity index (χ2n) is 5.43. The van der Waals surface area contributed by atoms with E-state index in [9.17, 15) is 13.2 Å². The van der Waals surface area contributed by atoms with Crippen LogP contribution in [-0.4, -0.2) is 25.9 Å². The number of halogens is 1. The second-order valence-corrected chi connectivity index (χ2v) is 8.00. The molecule has 1 aliphatic carbocycles. The van der Waals surface area contributed by atoms with E-state index >= 15 is 0 Å². The first kappa shape index (κ1) is 15.4. The molecule has 0 saturated heterocycles. The normalized spacial score (nSPS) is 18.1. The number of H-pyrrole nitrogens is 1. The average molecular weight is 319 g/mol. The van der Waals surface area contributed by atoms with Crippen LogP contribution < -0.4 is 5.32 Å². The molecule has 0 spiro atoms.